The maximum Gasteiger partial charge on any atom is 0.168 e. The van der Waals surface area contributed by atoms with Crippen LogP contribution in [0.4, 0.5) is 5.82 Å². The first-order valence-corrected chi connectivity index (χ1v) is 6.43. The lowest BCUT2D eigenvalue weighted by Crippen LogP contribution is -2.07. The second-order valence-electron chi connectivity index (χ2n) is 4.73. The molecule has 102 valence electrons. The number of rotatable bonds is 5. The first-order chi connectivity index (χ1) is 9.08. The Hall–Kier alpha value is -2.04. The Bertz CT molecular complexity index is 563. The van der Waals surface area contributed by atoms with E-state index in [0.717, 1.165) is 24.4 Å². The number of aromatic nitrogens is 3. The molecule has 0 saturated heterocycles. The van der Waals surface area contributed by atoms with E-state index in [4.69, 9.17) is 10.5 Å². The van der Waals surface area contributed by atoms with E-state index in [9.17, 15) is 0 Å². The fourth-order valence-corrected chi connectivity index (χ4v) is 1.79. The van der Waals surface area contributed by atoms with Gasteiger partial charge in [0.15, 0.2) is 5.82 Å². The molecule has 0 saturated carbocycles. The molecule has 19 heavy (non-hydrogen) atoms. The Balaban J connectivity index is 1.80. The highest BCUT2D eigenvalue weighted by Gasteiger charge is 2.04. The van der Waals surface area contributed by atoms with E-state index in [0.29, 0.717) is 12.4 Å². The number of nitrogen functional groups attached to an aromatic ring is 1. The second kappa shape index (κ2) is 5.73. The van der Waals surface area contributed by atoms with E-state index in [1.807, 2.05) is 13.0 Å². The van der Waals surface area contributed by atoms with Gasteiger partial charge in [-0.15, -0.1) is 5.10 Å². The van der Waals surface area contributed by atoms with Gasteiger partial charge in [-0.3, -0.25) is 0 Å². The minimum atomic E-state index is 0.495. The molecule has 5 heteroatoms. The fraction of sp³-hybridized carbons (Fsp3) is 0.429. The van der Waals surface area contributed by atoms with Crippen LogP contribution in [0.2, 0.25) is 0 Å². The number of benzene rings is 1. The summed E-state index contributed by atoms with van der Waals surface area (Å²) in [6, 6.07) is 6.14. The maximum absolute atomic E-state index is 5.72. The summed E-state index contributed by atoms with van der Waals surface area (Å²) < 4.78 is 7.52. The Kier molecular flexibility index (Phi) is 4.04. The van der Waals surface area contributed by atoms with Crippen LogP contribution >= 0.6 is 0 Å². The van der Waals surface area contributed by atoms with Crippen LogP contribution in [0.25, 0.3) is 0 Å². The fourth-order valence-electron chi connectivity index (χ4n) is 1.79. The summed E-state index contributed by atoms with van der Waals surface area (Å²) in [5.74, 6) is 1.41. The predicted octanol–water partition coefficient (Wildman–Crippen LogP) is 2.25. The molecule has 0 spiro atoms. The van der Waals surface area contributed by atoms with Crippen LogP contribution in [-0.4, -0.2) is 21.6 Å². The molecule has 0 aliphatic carbocycles. The number of ether oxygens (including phenoxy) is 1. The van der Waals surface area contributed by atoms with Gasteiger partial charge in [0, 0.05) is 13.0 Å². The molecule has 0 aliphatic rings. The third-order valence-corrected chi connectivity index (χ3v) is 3.28. The lowest BCUT2D eigenvalue weighted by molar-refractivity contribution is 0.297. The number of nitrogens with zero attached hydrogens (tertiary/aromatic N) is 3. The van der Waals surface area contributed by atoms with Crippen LogP contribution < -0.4 is 10.5 Å². The van der Waals surface area contributed by atoms with Gasteiger partial charge in [-0.25, -0.2) is 4.68 Å². The predicted molar refractivity (Wildman–Crippen MR) is 75.2 cm³/mol. The van der Waals surface area contributed by atoms with Crippen molar-refractivity contribution in [1.29, 1.82) is 0 Å². The SMILES string of the molecule is Cc1ccc(OCCCn2nnc(N)c2C)cc1C. The zero-order valence-corrected chi connectivity index (χ0v) is 11.7. The van der Waals surface area contributed by atoms with Crippen LogP contribution in [0, 0.1) is 20.8 Å². The number of hydrogen-bond acceptors (Lipinski definition) is 4. The summed E-state index contributed by atoms with van der Waals surface area (Å²) in [4.78, 5) is 0. The van der Waals surface area contributed by atoms with Crippen molar-refractivity contribution < 1.29 is 4.74 Å². The molecule has 0 unspecified atom stereocenters. The maximum atomic E-state index is 5.72. The van der Waals surface area contributed by atoms with Gasteiger partial charge in [-0.2, -0.15) is 0 Å². The van der Waals surface area contributed by atoms with E-state index in [-0.39, 0.29) is 0 Å². The third-order valence-electron chi connectivity index (χ3n) is 3.28. The molecule has 2 aromatic rings. The van der Waals surface area contributed by atoms with Crippen molar-refractivity contribution in [3.8, 4) is 5.75 Å². The Labute approximate surface area is 113 Å². The molecular formula is C14H20N4O. The van der Waals surface area contributed by atoms with Crippen molar-refractivity contribution in [3.63, 3.8) is 0 Å². The standard InChI is InChI=1S/C14H20N4O/c1-10-5-6-13(9-11(10)2)19-8-4-7-18-12(3)14(15)16-17-18/h5-6,9H,4,7-8,15H2,1-3H3. The molecule has 0 amide bonds. The van der Waals surface area contributed by atoms with Gasteiger partial charge in [-0.05, 0) is 44.0 Å². The smallest absolute Gasteiger partial charge is 0.168 e. The lowest BCUT2D eigenvalue weighted by atomic mass is 10.1. The average molecular weight is 260 g/mol. The minimum absolute atomic E-state index is 0.495. The summed E-state index contributed by atoms with van der Waals surface area (Å²) in [5, 5.41) is 7.80. The number of anilines is 1. The van der Waals surface area contributed by atoms with Crippen LogP contribution in [0.5, 0.6) is 5.75 Å². The molecule has 2 N–H and O–H groups in total. The molecule has 2 rings (SSSR count). The van der Waals surface area contributed by atoms with Gasteiger partial charge < -0.3 is 10.5 Å². The Morgan fingerprint density at radius 2 is 2.00 bits per heavy atom. The minimum Gasteiger partial charge on any atom is -0.494 e. The normalized spacial score (nSPS) is 10.7. The quantitative estimate of drug-likeness (QED) is 0.837. The molecular weight excluding hydrogens is 240 g/mol. The van der Waals surface area contributed by atoms with Crippen molar-refractivity contribution in [3.05, 3.63) is 35.0 Å². The Morgan fingerprint density at radius 3 is 2.63 bits per heavy atom. The molecule has 1 aromatic heterocycles. The largest absolute Gasteiger partial charge is 0.494 e. The van der Waals surface area contributed by atoms with Gasteiger partial charge in [0.2, 0.25) is 0 Å². The van der Waals surface area contributed by atoms with Gasteiger partial charge in [0.05, 0.1) is 12.3 Å². The van der Waals surface area contributed by atoms with Gasteiger partial charge in [0.25, 0.3) is 0 Å². The first kappa shape index (κ1) is 13.4. The van der Waals surface area contributed by atoms with Crippen LogP contribution in [0.15, 0.2) is 18.2 Å². The number of hydrogen-bond donors (Lipinski definition) is 1. The summed E-state index contributed by atoms with van der Waals surface area (Å²) >= 11 is 0. The molecule has 0 atom stereocenters. The molecule has 0 radical (unpaired) electrons. The second-order valence-corrected chi connectivity index (χ2v) is 4.73. The summed E-state index contributed by atoms with van der Waals surface area (Å²) in [6.07, 6.45) is 0.872. The zero-order valence-electron chi connectivity index (χ0n) is 11.7. The van der Waals surface area contributed by atoms with E-state index in [1.54, 1.807) is 4.68 Å². The van der Waals surface area contributed by atoms with Gasteiger partial charge in [0.1, 0.15) is 5.75 Å². The summed E-state index contributed by atoms with van der Waals surface area (Å²) in [6.45, 7) is 7.52. The summed E-state index contributed by atoms with van der Waals surface area (Å²) in [7, 11) is 0. The third kappa shape index (κ3) is 3.24. The van der Waals surface area contributed by atoms with Crippen molar-refractivity contribution >= 4 is 5.82 Å². The lowest BCUT2D eigenvalue weighted by Gasteiger charge is -2.08. The number of nitrogens with two attached hydrogens (primary N) is 1. The molecule has 0 aliphatic heterocycles. The topological polar surface area (TPSA) is 66.0 Å². The molecule has 1 aromatic carbocycles. The van der Waals surface area contributed by atoms with E-state index in [1.165, 1.54) is 11.1 Å². The molecule has 0 fully saturated rings. The van der Waals surface area contributed by atoms with E-state index in [2.05, 4.69) is 36.3 Å². The average Bonchev–Trinajstić information content (AvgIpc) is 2.70. The van der Waals surface area contributed by atoms with E-state index >= 15 is 0 Å². The van der Waals surface area contributed by atoms with E-state index < -0.39 is 0 Å². The van der Waals surface area contributed by atoms with Gasteiger partial charge >= 0.3 is 0 Å². The molecule has 0 bridgehead atoms. The monoisotopic (exact) mass is 260 g/mol. The van der Waals surface area contributed by atoms with Crippen molar-refractivity contribution in [1.82, 2.24) is 15.0 Å². The highest BCUT2D eigenvalue weighted by Crippen LogP contribution is 2.16. The van der Waals surface area contributed by atoms with Crippen molar-refractivity contribution in [2.24, 2.45) is 0 Å². The van der Waals surface area contributed by atoms with Crippen LogP contribution in [-0.2, 0) is 6.54 Å². The molecule has 1 heterocycles. The summed E-state index contributed by atoms with van der Waals surface area (Å²) in [5.41, 5.74) is 9.08. The number of aryl methyl sites for hydroxylation is 3. The Morgan fingerprint density at radius 1 is 1.21 bits per heavy atom. The zero-order chi connectivity index (χ0) is 13.8. The highest BCUT2D eigenvalue weighted by molar-refractivity contribution is 5.33. The van der Waals surface area contributed by atoms with Crippen molar-refractivity contribution in [2.75, 3.05) is 12.3 Å². The van der Waals surface area contributed by atoms with Crippen molar-refractivity contribution in [2.45, 2.75) is 33.7 Å². The van der Waals surface area contributed by atoms with Gasteiger partial charge in [-0.1, -0.05) is 11.3 Å². The van der Waals surface area contributed by atoms with Crippen LogP contribution in [0.1, 0.15) is 23.2 Å². The highest BCUT2D eigenvalue weighted by atomic mass is 16.5. The molecule has 5 nitrogen and oxygen atoms in total. The first-order valence-electron chi connectivity index (χ1n) is 6.43. The van der Waals surface area contributed by atoms with Crippen LogP contribution in [0.3, 0.4) is 0 Å².